The third-order valence-corrected chi connectivity index (χ3v) is 4.86. The standard InChI is InChI=1S/C17H18F3NO3/c18-17(19,20)14-6-2-1-5-11(14)12-8-13(12)15(22)21-7-3-4-10(9-21)16(23)24/h1-2,5-6,10,12-13H,3-4,7-9H2,(H,23,24)/t10-,12+,13+/m1/s1. The van der Waals surface area contributed by atoms with Crippen LogP contribution in [0, 0.1) is 11.8 Å². The van der Waals surface area contributed by atoms with E-state index in [1.54, 1.807) is 6.07 Å². The van der Waals surface area contributed by atoms with Crippen molar-refractivity contribution in [2.75, 3.05) is 13.1 Å². The summed E-state index contributed by atoms with van der Waals surface area (Å²) in [6.07, 6.45) is -2.91. The number of likely N-dealkylation sites (tertiary alicyclic amines) is 1. The van der Waals surface area contributed by atoms with Crippen LogP contribution in [0.4, 0.5) is 13.2 Å². The molecule has 1 saturated carbocycles. The van der Waals surface area contributed by atoms with Crippen LogP contribution in [0.2, 0.25) is 0 Å². The van der Waals surface area contributed by atoms with Gasteiger partial charge in [-0.2, -0.15) is 13.2 Å². The molecular formula is C17H18F3NO3. The first kappa shape index (κ1) is 16.8. The first-order valence-electron chi connectivity index (χ1n) is 7.96. The third kappa shape index (κ3) is 3.25. The van der Waals surface area contributed by atoms with Crippen LogP contribution in [-0.4, -0.2) is 35.0 Å². The lowest BCUT2D eigenvalue weighted by Gasteiger charge is -2.31. The van der Waals surface area contributed by atoms with E-state index in [1.807, 2.05) is 0 Å². The number of carboxylic acids is 1. The van der Waals surface area contributed by atoms with Gasteiger partial charge in [-0.25, -0.2) is 0 Å². The van der Waals surface area contributed by atoms with Gasteiger partial charge in [0.25, 0.3) is 0 Å². The van der Waals surface area contributed by atoms with Crippen LogP contribution in [0.1, 0.15) is 36.3 Å². The zero-order chi connectivity index (χ0) is 17.5. The molecule has 3 atom stereocenters. The minimum Gasteiger partial charge on any atom is -0.481 e. The van der Waals surface area contributed by atoms with E-state index in [9.17, 15) is 22.8 Å². The highest BCUT2D eigenvalue weighted by atomic mass is 19.4. The quantitative estimate of drug-likeness (QED) is 0.919. The van der Waals surface area contributed by atoms with Gasteiger partial charge in [0.2, 0.25) is 5.91 Å². The van der Waals surface area contributed by atoms with Crippen molar-refractivity contribution < 1.29 is 27.9 Å². The van der Waals surface area contributed by atoms with E-state index in [0.29, 0.717) is 25.8 Å². The minimum atomic E-state index is -4.44. The predicted molar refractivity (Wildman–Crippen MR) is 79.2 cm³/mol. The molecule has 0 aromatic heterocycles. The van der Waals surface area contributed by atoms with Crippen molar-refractivity contribution >= 4 is 11.9 Å². The van der Waals surface area contributed by atoms with E-state index in [2.05, 4.69) is 0 Å². The van der Waals surface area contributed by atoms with E-state index in [4.69, 9.17) is 5.11 Å². The maximum absolute atomic E-state index is 13.1. The Bertz CT molecular complexity index is 659. The van der Waals surface area contributed by atoms with Gasteiger partial charge in [0, 0.05) is 19.0 Å². The zero-order valence-electron chi connectivity index (χ0n) is 12.9. The Hall–Kier alpha value is -2.05. The SMILES string of the molecule is O=C(O)[C@@H]1CCCN(C(=O)[C@H]2C[C@H]2c2ccccc2C(F)(F)F)C1. The van der Waals surface area contributed by atoms with Gasteiger partial charge in [-0.05, 0) is 36.8 Å². The second kappa shape index (κ2) is 6.11. The molecule has 0 radical (unpaired) electrons. The van der Waals surface area contributed by atoms with Gasteiger partial charge >= 0.3 is 12.1 Å². The average molecular weight is 341 g/mol. The molecule has 1 aromatic rings. The Labute approximate surface area is 137 Å². The molecule has 0 bridgehead atoms. The van der Waals surface area contributed by atoms with Crippen molar-refractivity contribution in [3.63, 3.8) is 0 Å². The highest BCUT2D eigenvalue weighted by Crippen LogP contribution is 2.51. The van der Waals surface area contributed by atoms with E-state index in [1.165, 1.54) is 17.0 Å². The Balaban J connectivity index is 1.72. The van der Waals surface area contributed by atoms with E-state index >= 15 is 0 Å². The number of alkyl halides is 3. The largest absolute Gasteiger partial charge is 0.481 e. The highest BCUT2D eigenvalue weighted by molar-refractivity contribution is 5.84. The first-order valence-corrected chi connectivity index (χ1v) is 7.96. The van der Waals surface area contributed by atoms with Crippen molar-refractivity contribution in [1.29, 1.82) is 0 Å². The van der Waals surface area contributed by atoms with Gasteiger partial charge in [0.05, 0.1) is 11.5 Å². The van der Waals surface area contributed by atoms with Gasteiger partial charge in [-0.1, -0.05) is 18.2 Å². The van der Waals surface area contributed by atoms with Crippen molar-refractivity contribution in [2.45, 2.75) is 31.4 Å². The fraction of sp³-hybridized carbons (Fsp3) is 0.529. The number of carboxylic acid groups (broad SMARTS) is 1. The van der Waals surface area contributed by atoms with Crippen LogP contribution in [0.3, 0.4) is 0 Å². The number of halogens is 3. The summed E-state index contributed by atoms with van der Waals surface area (Å²) in [4.78, 5) is 25.1. The fourth-order valence-electron chi connectivity index (χ4n) is 3.50. The minimum absolute atomic E-state index is 0.151. The van der Waals surface area contributed by atoms with Gasteiger partial charge in [-0.3, -0.25) is 9.59 Å². The average Bonchev–Trinajstić information content (AvgIpc) is 3.34. The molecule has 3 rings (SSSR count). The maximum Gasteiger partial charge on any atom is 0.416 e. The van der Waals surface area contributed by atoms with Gasteiger partial charge < -0.3 is 10.0 Å². The molecule has 7 heteroatoms. The summed E-state index contributed by atoms with van der Waals surface area (Å²) in [6.45, 7) is 0.630. The monoisotopic (exact) mass is 341 g/mol. The van der Waals surface area contributed by atoms with Crippen LogP contribution in [0.5, 0.6) is 0 Å². The Morgan fingerprint density at radius 3 is 2.58 bits per heavy atom. The predicted octanol–water partition coefficient (Wildman–Crippen LogP) is 3.13. The van der Waals surface area contributed by atoms with Crippen LogP contribution >= 0.6 is 0 Å². The topological polar surface area (TPSA) is 57.6 Å². The van der Waals surface area contributed by atoms with Crippen LogP contribution < -0.4 is 0 Å². The Kier molecular flexibility index (Phi) is 4.27. The lowest BCUT2D eigenvalue weighted by atomic mass is 9.97. The van der Waals surface area contributed by atoms with Gasteiger partial charge in [0.1, 0.15) is 0 Å². The maximum atomic E-state index is 13.1. The number of amides is 1. The molecule has 4 nitrogen and oxygen atoms in total. The molecule has 24 heavy (non-hydrogen) atoms. The molecule has 0 spiro atoms. The molecule has 1 amide bonds. The van der Waals surface area contributed by atoms with E-state index in [-0.39, 0.29) is 18.0 Å². The number of nitrogens with zero attached hydrogens (tertiary/aromatic N) is 1. The lowest BCUT2D eigenvalue weighted by molar-refractivity contribution is -0.146. The Morgan fingerprint density at radius 2 is 1.92 bits per heavy atom. The summed E-state index contributed by atoms with van der Waals surface area (Å²) < 4.78 is 39.3. The molecule has 1 aliphatic carbocycles. The summed E-state index contributed by atoms with van der Waals surface area (Å²) in [5.74, 6) is -2.63. The molecule has 130 valence electrons. The summed E-state index contributed by atoms with van der Waals surface area (Å²) in [7, 11) is 0. The third-order valence-electron chi connectivity index (χ3n) is 4.86. The van der Waals surface area contributed by atoms with Crippen molar-refractivity contribution in [3.8, 4) is 0 Å². The highest BCUT2D eigenvalue weighted by Gasteiger charge is 2.49. The number of hydrogen-bond acceptors (Lipinski definition) is 2. The number of rotatable bonds is 3. The first-order chi connectivity index (χ1) is 11.3. The number of hydrogen-bond donors (Lipinski definition) is 1. The normalized spacial score (nSPS) is 27.0. The van der Waals surface area contributed by atoms with Crippen LogP contribution in [0.25, 0.3) is 0 Å². The van der Waals surface area contributed by atoms with Crippen molar-refractivity contribution in [3.05, 3.63) is 35.4 Å². The van der Waals surface area contributed by atoms with Gasteiger partial charge in [0.15, 0.2) is 0 Å². The van der Waals surface area contributed by atoms with E-state index in [0.717, 1.165) is 6.07 Å². The summed E-state index contributed by atoms with van der Waals surface area (Å²) >= 11 is 0. The second-order valence-electron chi connectivity index (χ2n) is 6.50. The summed E-state index contributed by atoms with van der Waals surface area (Å²) in [5.41, 5.74) is -0.525. The lowest BCUT2D eigenvalue weighted by Crippen LogP contribution is -2.43. The number of benzene rings is 1. The molecule has 2 aliphatic rings. The van der Waals surface area contributed by atoms with Crippen LogP contribution in [0.15, 0.2) is 24.3 Å². The molecule has 1 heterocycles. The van der Waals surface area contributed by atoms with Crippen molar-refractivity contribution in [1.82, 2.24) is 4.90 Å². The molecule has 1 saturated heterocycles. The molecule has 0 unspecified atom stereocenters. The number of aliphatic carboxylic acids is 1. The fourth-order valence-corrected chi connectivity index (χ4v) is 3.50. The molecule has 2 fully saturated rings. The smallest absolute Gasteiger partial charge is 0.416 e. The summed E-state index contributed by atoms with van der Waals surface area (Å²) in [6, 6.07) is 5.35. The number of piperidine rings is 1. The van der Waals surface area contributed by atoms with Crippen molar-refractivity contribution in [2.24, 2.45) is 11.8 Å². The Morgan fingerprint density at radius 1 is 1.21 bits per heavy atom. The van der Waals surface area contributed by atoms with Gasteiger partial charge in [-0.15, -0.1) is 0 Å². The molecule has 1 aliphatic heterocycles. The van der Waals surface area contributed by atoms with E-state index < -0.39 is 35.5 Å². The molecule has 1 N–H and O–H groups in total. The number of carbonyl (C=O) groups is 2. The van der Waals surface area contributed by atoms with Crippen LogP contribution in [-0.2, 0) is 15.8 Å². The summed E-state index contributed by atoms with van der Waals surface area (Å²) in [5, 5.41) is 9.08. The zero-order valence-corrected chi connectivity index (χ0v) is 12.9. The second-order valence-corrected chi connectivity index (χ2v) is 6.50. The number of carbonyl (C=O) groups excluding carboxylic acids is 1. The molecular weight excluding hydrogens is 323 g/mol. The molecule has 1 aromatic carbocycles.